The normalized spacial score (nSPS) is 32.5. The van der Waals surface area contributed by atoms with Crippen LogP contribution in [0.3, 0.4) is 0 Å². The van der Waals surface area contributed by atoms with Gasteiger partial charge in [-0.1, -0.05) is 6.07 Å². The quantitative estimate of drug-likeness (QED) is 0.553. The van der Waals surface area contributed by atoms with Crippen molar-refractivity contribution in [1.82, 2.24) is 15.3 Å². The van der Waals surface area contributed by atoms with Gasteiger partial charge in [-0.15, -0.1) is 0 Å². The first-order valence-electron chi connectivity index (χ1n) is 13.9. The molecule has 38 heavy (non-hydrogen) atoms. The second-order valence-electron chi connectivity index (χ2n) is 12.6. The van der Waals surface area contributed by atoms with Gasteiger partial charge in [0.1, 0.15) is 11.5 Å². The van der Waals surface area contributed by atoms with Crippen molar-refractivity contribution in [3.63, 3.8) is 0 Å². The summed E-state index contributed by atoms with van der Waals surface area (Å²) < 4.78 is 14.7. The van der Waals surface area contributed by atoms with E-state index >= 15 is 0 Å². The Morgan fingerprint density at radius 3 is 2.53 bits per heavy atom. The van der Waals surface area contributed by atoms with E-state index in [0.717, 1.165) is 37.8 Å². The number of carbonyl (C=O) groups excluding carboxylic acids is 1. The molecule has 1 aliphatic heterocycles. The Balaban J connectivity index is 1.12. The van der Waals surface area contributed by atoms with Gasteiger partial charge in [0.05, 0.1) is 11.2 Å². The van der Waals surface area contributed by atoms with Crippen LogP contribution in [0.15, 0.2) is 30.5 Å². The van der Waals surface area contributed by atoms with E-state index in [0.29, 0.717) is 49.0 Å². The fourth-order valence-electron chi connectivity index (χ4n) is 7.74. The largest absolute Gasteiger partial charge is 0.390 e. The van der Waals surface area contributed by atoms with Crippen molar-refractivity contribution < 1.29 is 19.4 Å². The summed E-state index contributed by atoms with van der Waals surface area (Å²) in [6, 6.07) is 6.79. The maximum Gasteiger partial charge on any atom is 0.270 e. The summed E-state index contributed by atoms with van der Waals surface area (Å²) in [4.78, 5) is 26.6. The number of aromatic nitrogens is 2. The van der Waals surface area contributed by atoms with Crippen molar-refractivity contribution in [1.29, 1.82) is 0 Å². The number of hydrogen-bond acceptors (Lipinski definition) is 7. The van der Waals surface area contributed by atoms with Crippen LogP contribution >= 0.6 is 0 Å². The highest BCUT2D eigenvalue weighted by atomic mass is 19.1. The summed E-state index contributed by atoms with van der Waals surface area (Å²) in [6.45, 7) is 7.16. The van der Waals surface area contributed by atoms with Crippen LogP contribution in [0.1, 0.15) is 68.9 Å². The minimum absolute atomic E-state index is 0.0456. The summed E-state index contributed by atoms with van der Waals surface area (Å²) in [7, 11) is 0. The van der Waals surface area contributed by atoms with Crippen LogP contribution in [0, 0.1) is 23.6 Å². The molecule has 1 aromatic carbocycles. The Bertz CT molecular complexity index is 1220. The molecular weight excluding hydrogens is 485 g/mol. The van der Waals surface area contributed by atoms with Gasteiger partial charge < -0.3 is 25.3 Å². The fourth-order valence-corrected chi connectivity index (χ4v) is 7.74. The molecule has 8 nitrogen and oxygen atoms in total. The van der Waals surface area contributed by atoms with Crippen LogP contribution in [-0.4, -0.2) is 63.4 Å². The van der Waals surface area contributed by atoms with Gasteiger partial charge >= 0.3 is 0 Å². The van der Waals surface area contributed by atoms with Gasteiger partial charge in [0, 0.05) is 49.2 Å². The summed E-state index contributed by atoms with van der Waals surface area (Å²) in [5.41, 5.74) is -0.347. The molecule has 1 aromatic heterocycles. The Morgan fingerprint density at radius 2 is 1.89 bits per heavy atom. The van der Waals surface area contributed by atoms with Crippen molar-refractivity contribution in [2.45, 2.75) is 76.2 Å². The number of piperazine rings is 1. The first-order chi connectivity index (χ1) is 18.0. The van der Waals surface area contributed by atoms with Gasteiger partial charge in [-0.3, -0.25) is 4.79 Å². The van der Waals surface area contributed by atoms with E-state index < -0.39 is 17.0 Å². The fraction of sp³-hybridized carbons (Fsp3) is 0.621. The molecular formula is C29H38FN5O3. The molecule has 0 spiro atoms. The van der Waals surface area contributed by atoms with Gasteiger partial charge in [-0.05, 0) is 88.8 Å². The molecule has 5 fully saturated rings. The monoisotopic (exact) mass is 523 g/mol. The van der Waals surface area contributed by atoms with E-state index in [2.05, 4.69) is 32.0 Å². The van der Waals surface area contributed by atoms with Crippen molar-refractivity contribution in [2.24, 2.45) is 17.8 Å². The highest BCUT2D eigenvalue weighted by molar-refractivity contribution is 5.92. The van der Waals surface area contributed by atoms with Gasteiger partial charge in [-0.25, -0.2) is 14.4 Å². The molecule has 9 heteroatoms. The minimum atomic E-state index is -1.24. The van der Waals surface area contributed by atoms with Crippen LogP contribution in [-0.2, 0) is 5.60 Å². The lowest BCUT2D eigenvalue weighted by atomic mass is 9.52. The third kappa shape index (κ3) is 4.64. The van der Waals surface area contributed by atoms with E-state index in [1.54, 1.807) is 32.2 Å². The number of aliphatic hydroxyl groups is 2. The van der Waals surface area contributed by atoms with Crippen molar-refractivity contribution in [3.8, 4) is 0 Å². The number of nitrogens with one attached hydrogen (secondary N) is 1. The highest BCUT2D eigenvalue weighted by Gasteiger charge is 2.55. The second-order valence-corrected chi connectivity index (χ2v) is 12.6. The molecule has 5 aliphatic rings. The van der Waals surface area contributed by atoms with Gasteiger partial charge in [0.25, 0.3) is 5.91 Å². The molecule has 1 amide bonds. The maximum absolute atomic E-state index is 14.7. The van der Waals surface area contributed by atoms with E-state index in [1.165, 1.54) is 6.07 Å². The minimum Gasteiger partial charge on any atom is -0.390 e. The van der Waals surface area contributed by atoms with Crippen LogP contribution in [0.4, 0.5) is 16.0 Å². The number of carbonyl (C=O) groups is 1. The van der Waals surface area contributed by atoms with Gasteiger partial charge in [-0.2, -0.15) is 0 Å². The Kier molecular flexibility index (Phi) is 6.14. The van der Waals surface area contributed by atoms with E-state index in [1.807, 2.05) is 6.07 Å². The molecule has 4 aliphatic carbocycles. The van der Waals surface area contributed by atoms with Crippen molar-refractivity contribution in [3.05, 3.63) is 47.5 Å². The molecule has 2 heterocycles. The zero-order valence-corrected chi connectivity index (χ0v) is 22.4. The predicted octanol–water partition coefficient (Wildman–Crippen LogP) is 3.23. The number of benzene rings is 1. The summed E-state index contributed by atoms with van der Waals surface area (Å²) in [6.07, 6.45) is 6.30. The third-order valence-corrected chi connectivity index (χ3v) is 9.28. The van der Waals surface area contributed by atoms with E-state index in [9.17, 15) is 19.4 Å². The number of rotatable bonds is 5. The topological polar surface area (TPSA) is 102 Å². The molecule has 2 aromatic rings. The Labute approximate surface area is 223 Å². The third-order valence-electron chi connectivity index (χ3n) is 9.28. The Morgan fingerprint density at radius 1 is 1.16 bits per heavy atom. The molecule has 3 unspecified atom stereocenters. The Hall–Kier alpha value is -2.78. The number of halogens is 1. The smallest absolute Gasteiger partial charge is 0.270 e. The molecule has 1 saturated heterocycles. The zero-order valence-electron chi connectivity index (χ0n) is 22.4. The van der Waals surface area contributed by atoms with Gasteiger partial charge in [0.2, 0.25) is 5.95 Å². The lowest BCUT2D eigenvalue weighted by Crippen LogP contribution is -2.61. The number of nitrogens with zero attached hydrogens (tertiary/aromatic N) is 4. The second kappa shape index (κ2) is 9.16. The number of hydrogen-bond donors (Lipinski definition) is 3. The molecule has 0 radical (unpaired) electrons. The summed E-state index contributed by atoms with van der Waals surface area (Å²) >= 11 is 0. The van der Waals surface area contributed by atoms with E-state index in [4.69, 9.17) is 0 Å². The van der Waals surface area contributed by atoms with Crippen LogP contribution < -0.4 is 15.1 Å². The standard InChI is InChI=1S/C29H38FN5O3/c1-17-16-34(21-4-5-22(23(30)12-21)28(2,3)37)8-9-35(17)27-31-7-6-24(32-27)26(36)33-25-19-10-18-11-20(25)15-29(38,13-18)14-19/h4-7,12,17-20,25,37-38H,8-11,13-16H2,1-3H3,(H,33,36). The van der Waals surface area contributed by atoms with Crippen LogP contribution in [0.25, 0.3) is 0 Å². The molecule has 3 N–H and O–H groups in total. The number of amides is 1. The van der Waals surface area contributed by atoms with Crippen molar-refractivity contribution >= 4 is 17.5 Å². The average molecular weight is 524 g/mol. The molecule has 204 valence electrons. The summed E-state index contributed by atoms with van der Waals surface area (Å²) in [5.74, 6) is 1.20. The lowest BCUT2D eigenvalue weighted by molar-refractivity contribution is -0.136. The molecule has 7 rings (SSSR count). The zero-order chi connectivity index (χ0) is 26.8. The van der Waals surface area contributed by atoms with Crippen LogP contribution in [0.2, 0.25) is 0 Å². The highest BCUT2D eigenvalue weighted by Crippen LogP contribution is 2.55. The average Bonchev–Trinajstić information content (AvgIpc) is 2.84. The summed E-state index contributed by atoms with van der Waals surface area (Å²) in [5, 5.41) is 24.3. The molecule has 4 bridgehead atoms. The van der Waals surface area contributed by atoms with Gasteiger partial charge in [0.15, 0.2) is 0 Å². The maximum atomic E-state index is 14.7. The number of anilines is 2. The SMILES string of the molecule is CC1CN(c2ccc(C(C)(C)O)c(F)c2)CCN1c1nccc(C(=O)NC2C3CC4CC2CC(O)(C4)C3)n1. The predicted molar refractivity (Wildman–Crippen MR) is 142 cm³/mol. The van der Waals surface area contributed by atoms with E-state index in [-0.39, 0.29) is 23.6 Å². The molecule has 4 saturated carbocycles. The van der Waals surface area contributed by atoms with Crippen molar-refractivity contribution in [2.75, 3.05) is 29.4 Å². The van der Waals surface area contributed by atoms with Crippen LogP contribution in [0.5, 0.6) is 0 Å². The first-order valence-corrected chi connectivity index (χ1v) is 13.9. The first kappa shape index (κ1) is 25.5. The molecule has 3 atom stereocenters. The lowest BCUT2D eigenvalue weighted by Gasteiger charge is -2.58.